The lowest BCUT2D eigenvalue weighted by Gasteiger charge is -2.28. The molecular weight excluding hydrogens is 346 g/mol. The van der Waals surface area contributed by atoms with Gasteiger partial charge in [-0.05, 0) is 35.9 Å². The predicted molar refractivity (Wildman–Crippen MR) is 100 cm³/mol. The molecule has 0 unspecified atom stereocenters. The van der Waals surface area contributed by atoms with Crippen molar-refractivity contribution in [2.75, 3.05) is 25.1 Å². The Morgan fingerprint density at radius 2 is 1.79 bits per heavy atom. The monoisotopic (exact) mass is 369 g/mol. The average molecular weight is 370 g/mol. The number of aromatic nitrogens is 2. The van der Waals surface area contributed by atoms with Crippen molar-refractivity contribution in [3.63, 3.8) is 0 Å². The van der Waals surface area contributed by atoms with Gasteiger partial charge in [-0.25, -0.2) is 9.78 Å². The third-order valence-corrected chi connectivity index (χ3v) is 4.92. The van der Waals surface area contributed by atoms with E-state index in [4.69, 9.17) is 16.3 Å². The Kier molecular flexibility index (Phi) is 6.04. The van der Waals surface area contributed by atoms with Crippen LogP contribution < -0.4 is 4.90 Å². The fraction of sp³-hybridized carbons (Fsp3) is 0.588. The SMILES string of the molecule is COC(=O)c1sc2nc(Cl)nc(N(CC(C)C)CC(C)C)c2c1C. The summed E-state index contributed by atoms with van der Waals surface area (Å²) in [5, 5.41) is 1.10. The number of aryl methyl sites for hydroxylation is 1. The lowest BCUT2D eigenvalue weighted by Crippen LogP contribution is -2.32. The zero-order valence-corrected chi connectivity index (χ0v) is 16.6. The van der Waals surface area contributed by atoms with E-state index in [0.717, 1.165) is 34.7 Å². The second kappa shape index (κ2) is 7.66. The molecule has 0 amide bonds. The zero-order chi connectivity index (χ0) is 18.0. The molecule has 0 aliphatic carbocycles. The molecule has 0 saturated heterocycles. The standard InChI is InChI=1S/C17H24ClN3O2S/c1-9(2)7-21(8-10(3)4)14-12-11(5)13(16(22)23-6)24-15(12)20-17(18)19-14/h9-10H,7-8H2,1-6H3. The second-order valence-corrected chi connectivity index (χ2v) is 8.07. The molecule has 2 aromatic heterocycles. The maximum atomic E-state index is 12.0. The Bertz CT molecular complexity index is 733. The summed E-state index contributed by atoms with van der Waals surface area (Å²) in [6, 6.07) is 0. The summed E-state index contributed by atoms with van der Waals surface area (Å²) in [5.74, 6) is 1.41. The minimum Gasteiger partial charge on any atom is -0.465 e. The quantitative estimate of drug-likeness (QED) is 0.552. The van der Waals surface area contributed by atoms with Crippen LogP contribution in [0.15, 0.2) is 0 Å². The van der Waals surface area contributed by atoms with E-state index >= 15 is 0 Å². The molecule has 0 fully saturated rings. The maximum absolute atomic E-state index is 12.0. The Hall–Kier alpha value is -1.40. The number of halogens is 1. The molecule has 0 N–H and O–H groups in total. The highest BCUT2D eigenvalue weighted by molar-refractivity contribution is 7.20. The molecule has 0 aliphatic heterocycles. The van der Waals surface area contributed by atoms with Crippen LogP contribution in [0.25, 0.3) is 10.2 Å². The number of carbonyl (C=O) groups is 1. The summed E-state index contributed by atoms with van der Waals surface area (Å²) < 4.78 is 4.88. The highest BCUT2D eigenvalue weighted by atomic mass is 35.5. The molecule has 0 aliphatic rings. The molecule has 2 rings (SSSR count). The van der Waals surface area contributed by atoms with Crippen molar-refractivity contribution in [3.05, 3.63) is 15.7 Å². The lowest BCUT2D eigenvalue weighted by molar-refractivity contribution is 0.0605. The number of fused-ring (bicyclic) bond motifs is 1. The first-order chi connectivity index (χ1) is 11.2. The summed E-state index contributed by atoms with van der Waals surface area (Å²) in [6.07, 6.45) is 0. The smallest absolute Gasteiger partial charge is 0.348 e. The van der Waals surface area contributed by atoms with Crippen LogP contribution in [0.3, 0.4) is 0 Å². The van der Waals surface area contributed by atoms with Gasteiger partial charge in [-0.3, -0.25) is 0 Å². The number of nitrogens with zero attached hydrogens (tertiary/aromatic N) is 3. The number of rotatable bonds is 6. The third kappa shape index (κ3) is 3.98. The molecule has 24 heavy (non-hydrogen) atoms. The van der Waals surface area contributed by atoms with E-state index in [1.54, 1.807) is 0 Å². The topological polar surface area (TPSA) is 55.3 Å². The van der Waals surface area contributed by atoms with Crippen LogP contribution in [0, 0.1) is 18.8 Å². The van der Waals surface area contributed by atoms with E-state index < -0.39 is 0 Å². The van der Waals surface area contributed by atoms with Gasteiger partial charge in [0.2, 0.25) is 5.28 Å². The number of ether oxygens (including phenoxy) is 1. The maximum Gasteiger partial charge on any atom is 0.348 e. The molecule has 0 radical (unpaired) electrons. The molecule has 5 nitrogen and oxygen atoms in total. The molecule has 0 aromatic carbocycles. The van der Waals surface area contributed by atoms with Gasteiger partial charge in [0.1, 0.15) is 15.5 Å². The Morgan fingerprint density at radius 1 is 1.21 bits per heavy atom. The van der Waals surface area contributed by atoms with Gasteiger partial charge in [-0.15, -0.1) is 11.3 Å². The molecule has 0 saturated carbocycles. The summed E-state index contributed by atoms with van der Waals surface area (Å²) in [4.78, 5) is 24.4. The van der Waals surface area contributed by atoms with Gasteiger partial charge in [-0.2, -0.15) is 4.98 Å². The fourth-order valence-electron chi connectivity index (χ4n) is 2.74. The van der Waals surface area contributed by atoms with Gasteiger partial charge in [0.15, 0.2) is 0 Å². The zero-order valence-electron chi connectivity index (χ0n) is 15.0. The van der Waals surface area contributed by atoms with Gasteiger partial charge in [0, 0.05) is 13.1 Å². The van der Waals surface area contributed by atoms with Crippen molar-refractivity contribution in [1.82, 2.24) is 9.97 Å². The Labute approximate surface area is 152 Å². The van der Waals surface area contributed by atoms with E-state index in [1.807, 2.05) is 6.92 Å². The van der Waals surface area contributed by atoms with Gasteiger partial charge in [0.05, 0.1) is 12.5 Å². The Balaban J connectivity index is 2.66. The minimum absolute atomic E-state index is 0.202. The molecule has 7 heteroatoms. The molecule has 2 aromatic rings. The number of esters is 1. The van der Waals surface area contributed by atoms with Crippen molar-refractivity contribution < 1.29 is 9.53 Å². The average Bonchev–Trinajstić information content (AvgIpc) is 2.81. The number of carbonyl (C=O) groups excluding carboxylic acids is 1. The minimum atomic E-state index is -0.350. The highest BCUT2D eigenvalue weighted by Gasteiger charge is 2.24. The first-order valence-electron chi connectivity index (χ1n) is 8.04. The van der Waals surface area contributed by atoms with E-state index in [0.29, 0.717) is 16.7 Å². The summed E-state index contributed by atoms with van der Waals surface area (Å²) in [7, 11) is 1.38. The van der Waals surface area contributed by atoms with Crippen molar-refractivity contribution in [1.29, 1.82) is 0 Å². The molecule has 0 bridgehead atoms. The highest BCUT2D eigenvalue weighted by Crippen LogP contribution is 2.37. The van der Waals surface area contributed by atoms with Crippen molar-refractivity contribution >= 4 is 44.9 Å². The van der Waals surface area contributed by atoms with Crippen molar-refractivity contribution in [3.8, 4) is 0 Å². The van der Waals surface area contributed by atoms with Crippen LogP contribution in [-0.2, 0) is 4.74 Å². The molecular formula is C17H24ClN3O2S. The predicted octanol–water partition coefficient (Wildman–Crippen LogP) is 4.56. The van der Waals surface area contributed by atoms with Gasteiger partial charge >= 0.3 is 5.97 Å². The van der Waals surface area contributed by atoms with Crippen LogP contribution in [-0.4, -0.2) is 36.1 Å². The van der Waals surface area contributed by atoms with Crippen LogP contribution in [0.4, 0.5) is 5.82 Å². The van der Waals surface area contributed by atoms with Crippen LogP contribution >= 0.6 is 22.9 Å². The normalized spacial score (nSPS) is 11.5. The lowest BCUT2D eigenvalue weighted by atomic mass is 10.1. The van der Waals surface area contributed by atoms with Gasteiger partial charge < -0.3 is 9.64 Å². The number of thiophene rings is 1. The number of hydrogen-bond acceptors (Lipinski definition) is 6. The fourth-order valence-corrected chi connectivity index (χ4v) is 4.05. The number of hydrogen-bond donors (Lipinski definition) is 0. The van der Waals surface area contributed by atoms with Crippen LogP contribution in [0.2, 0.25) is 5.28 Å². The molecule has 132 valence electrons. The van der Waals surface area contributed by atoms with Gasteiger partial charge in [-0.1, -0.05) is 27.7 Å². The van der Waals surface area contributed by atoms with Crippen LogP contribution in [0.1, 0.15) is 42.9 Å². The van der Waals surface area contributed by atoms with E-state index in [2.05, 4.69) is 42.6 Å². The summed E-state index contributed by atoms with van der Waals surface area (Å²) in [5.41, 5.74) is 0.853. The summed E-state index contributed by atoms with van der Waals surface area (Å²) in [6.45, 7) is 12.3. The van der Waals surface area contributed by atoms with Crippen LogP contribution in [0.5, 0.6) is 0 Å². The third-order valence-electron chi connectivity index (χ3n) is 3.59. The largest absolute Gasteiger partial charge is 0.465 e. The first kappa shape index (κ1) is 18.9. The molecule has 0 spiro atoms. The van der Waals surface area contributed by atoms with Crippen molar-refractivity contribution in [2.24, 2.45) is 11.8 Å². The van der Waals surface area contributed by atoms with E-state index in [9.17, 15) is 4.79 Å². The first-order valence-corrected chi connectivity index (χ1v) is 9.23. The number of methoxy groups -OCH3 is 1. The molecule has 0 atom stereocenters. The van der Waals surface area contributed by atoms with Gasteiger partial charge in [0.25, 0.3) is 0 Å². The summed E-state index contributed by atoms with van der Waals surface area (Å²) >= 11 is 7.46. The Morgan fingerprint density at radius 3 is 2.29 bits per heavy atom. The molecule has 2 heterocycles. The second-order valence-electron chi connectivity index (χ2n) is 6.74. The number of anilines is 1. The van der Waals surface area contributed by atoms with E-state index in [1.165, 1.54) is 18.4 Å². The van der Waals surface area contributed by atoms with Crippen molar-refractivity contribution in [2.45, 2.75) is 34.6 Å². The van der Waals surface area contributed by atoms with E-state index in [-0.39, 0.29) is 11.3 Å².